The molecule has 0 radical (unpaired) electrons. The number of likely N-dealkylation sites (N-methyl/N-ethyl adjacent to an activating group) is 1. The van der Waals surface area contributed by atoms with Gasteiger partial charge in [0, 0.05) is 58.6 Å². The molecule has 2 aliphatic heterocycles. The lowest BCUT2D eigenvalue weighted by atomic mass is 10.0. The van der Waals surface area contributed by atoms with Gasteiger partial charge in [0.2, 0.25) is 5.91 Å². The summed E-state index contributed by atoms with van der Waals surface area (Å²) in [5.74, 6) is -1.32. The van der Waals surface area contributed by atoms with Crippen LogP contribution in [0.25, 0.3) is 0 Å². The largest absolute Gasteiger partial charge is 0.417 e. The Hall–Kier alpha value is -3.47. The summed E-state index contributed by atoms with van der Waals surface area (Å²) >= 11 is 0. The zero-order valence-corrected chi connectivity index (χ0v) is 21.7. The molecular weight excluding hydrogens is 518 g/mol. The predicted molar refractivity (Wildman–Crippen MR) is 138 cm³/mol. The number of carbonyl (C=O) groups is 1. The Morgan fingerprint density at radius 2 is 1.92 bits per heavy atom. The number of nitrogens with zero attached hydrogens (tertiary/aromatic N) is 5. The van der Waals surface area contributed by atoms with Gasteiger partial charge in [0.25, 0.3) is 0 Å². The number of amides is 1. The second-order valence-electron chi connectivity index (χ2n) is 9.81. The number of rotatable bonds is 6. The van der Waals surface area contributed by atoms with Gasteiger partial charge in [0.1, 0.15) is 29.3 Å². The van der Waals surface area contributed by atoms with Crippen LogP contribution in [0.15, 0.2) is 24.3 Å². The van der Waals surface area contributed by atoms with E-state index in [9.17, 15) is 32.7 Å². The third-order valence-electron chi connectivity index (χ3n) is 6.94. The second-order valence-corrected chi connectivity index (χ2v) is 9.81. The molecule has 0 spiro atoms. The van der Waals surface area contributed by atoms with Crippen molar-refractivity contribution in [3.63, 3.8) is 0 Å². The number of hydrogen-bond donors (Lipinski definition) is 3. The summed E-state index contributed by atoms with van der Waals surface area (Å²) in [6, 6.07) is 5.30. The average molecular weight is 550 g/mol. The first kappa shape index (κ1) is 28.5. The lowest BCUT2D eigenvalue weighted by Gasteiger charge is -2.37. The number of aromatic nitrogens is 1. The van der Waals surface area contributed by atoms with Gasteiger partial charge in [-0.15, -0.1) is 0 Å². The van der Waals surface area contributed by atoms with Crippen LogP contribution in [0.5, 0.6) is 0 Å². The van der Waals surface area contributed by atoms with Crippen LogP contribution in [-0.2, 0) is 11.0 Å². The molecule has 1 fully saturated rings. The molecule has 2 aromatic rings. The first-order valence-electron chi connectivity index (χ1n) is 12.7. The molecule has 9 nitrogen and oxygen atoms in total. The van der Waals surface area contributed by atoms with E-state index in [1.54, 1.807) is 11.0 Å². The molecule has 210 valence electrons. The van der Waals surface area contributed by atoms with E-state index in [4.69, 9.17) is 0 Å². The standard InChI is InChI=1S/C26H31F4N7O2/c1-16-11-20(26(28,29)30)19(13-31)24(33-16)34-21-5-8-37(15-18(38)14-36-9-6-32-7-10-36)23-12-17(27)3-4-22(23)35(2)25(21)39/h3-4,11-12,18,21,32,38H,5-10,14-15H2,1-2H3,(H,33,34)/t18?,21-/m0/s1. The smallest absolute Gasteiger partial charge is 0.390 e. The molecule has 4 rings (SSSR count). The molecule has 3 heterocycles. The van der Waals surface area contributed by atoms with Crippen molar-refractivity contribution in [1.29, 1.82) is 5.26 Å². The minimum atomic E-state index is -4.78. The van der Waals surface area contributed by atoms with Crippen molar-refractivity contribution in [2.24, 2.45) is 0 Å². The van der Waals surface area contributed by atoms with Crippen LogP contribution in [0.4, 0.5) is 34.8 Å². The van der Waals surface area contributed by atoms with Gasteiger partial charge in [-0.1, -0.05) is 0 Å². The molecule has 1 unspecified atom stereocenters. The van der Waals surface area contributed by atoms with Crippen molar-refractivity contribution in [2.45, 2.75) is 31.7 Å². The molecule has 1 aromatic heterocycles. The molecule has 2 aliphatic rings. The van der Waals surface area contributed by atoms with Crippen molar-refractivity contribution < 1.29 is 27.5 Å². The molecule has 0 aliphatic carbocycles. The Kier molecular flexibility index (Phi) is 8.58. The number of β-amino-alcohol motifs (C(OH)–C–C–N with tert-alkyl or cyclic N) is 1. The number of pyridine rings is 1. The summed E-state index contributed by atoms with van der Waals surface area (Å²) in [7, 11) is 1.49. The maximum atomic E-state index is 14.3. The monoisotopic (exact) mass is 549 g/mol. The van der Waals surface area contributed by atoms with Crippen molar-refractivity contribution in [3.8, 4) is 6.07 Å². The minimum absolute atomic E-state index is 0.0361. The Morgan fingerprint density at radius 1 is 1.21 bits per heavy atom. The zero-order chi connectivity index (χ0) is 28.3. The van der Waals surface area contributed by atoms with E-state index in [0.29, 0.717) is 17.9 Å². The van der Waals surface area contributed by atoms with Crippen molar-refractivity contribution >= 4 is 23.1 Å². The van der Waals surface area contributed by atoms with Gasteiger partial charge in [-0.05, 0) is 37.6 Å². The maximum Gasteiger partial charge on any atom is 0.417 e. The molecule has 1 aromatic carbocycles. The van der Waals surface area contributed by atoms with Gasteiger partial charge in [0.05, 0.1) is 23.0 Å². The van der Waals surface area contributed by atoms with Crippen LogP contribution >= 0.6 is 0 Å². The van der Waals surface area contributed by atoms with E-state index in [2.05, 4.69) is 20.5 Å². The third kappa shape index (κ3) is 6.58. The average Bonchev–Trinajstić information content (AvgIpc) is 2.88. The van der Waals surface area contributed by atoms with Crippen molar-refractivity contribution in [1.82, 2.24) is 15.2 Å². The quantitative estimate of drug-likeness (QED) is 0.472. The number of carbonyl (C=O) groups excluding carboxylic acids is 1. The first-order chi connectivity index (χ1) is 18.5. The van der Waals surface area contributed by atoms with E-state index >= 15 is 0 Å². The summed E-state index contributed by atoms with van der Waals surface area (Å²) < 4.78 is 55.2. The SMILES string of the molecule is Cc1cc(C(F)(F)F)c(C#N)c(N[C@H]2CCN(CC(O)CN3CCNCC3)c3cc(F)ccc3N(C)C2=O)n1. The number of alkyl halides is 3. The number of piperazine rings is 1. The summed E-state index contributed by atoms with van der Waals surface area (Å²) in [6.45, 7) is 5.34. The van der Waals surface area contributed by atoms with Crippen LogP contribution in [0.1, 0.15) is 23.2 Å². The Morgan fingerprint density at radius 3 is 2.59 bits per heavy atom. The molecule has 1 saturated heterocycles. The van der Waals surface area contributed by atoms with Gasteiger partial charge >= 0.3 is 6.18 Å². The molecule has 13 heteroatoms. The zero-order valence-electron chi connectivity index (χ0n) is 21.7. The lowest BCUT2D eigenvalue weighted by molar-refractivity contribution is -0.137. The number of nitrogens with one attached hydrogen (secondary N) is 2. The van der Waals surface area contributed by atoms with Crippen LogP contribution < -0.4 is 20.4 Å². The normalized spacial score (nSPS) is 19.6. The molecule has 39 heavy (non-hydrogen) atoms. The second kappa shape index (κ2) is 11.7. The summed E-state index contributed by atoms with van der Waals surface area (Å²) in [4.78, 5) is 22.8. The van der Waals surface area contributed by atoms with E-state index in [1.807, 2.05) is 0 Å². The van der Waals surface area contributed by atoms with Gasteiger partial charge in [-0.25, -0.2) is 9.37 Å². The van der Waals surface area contributed by atoms with Crippen LogP contribution in [0, 0.1) is 24.1 Å². The van der Waals surface area contributed by atoms with Gasteiger partial charge < -0.3 is 25.5 Å². The highest BCUT2D eigenvalue weighted by Crippen LogP contribution is 2.36. The fourth-order valence-electron chi connectivity index (χ4n) is 5.02. The van der Waals surface area contributed by atoms with Crippen molar-refractivity contribution in [2.75, 3.05) is 68.0 Å². The Bertz CT molecular complexity index is 1240. The number of nitriles is 1. The number of benzene rings is 1. The van der Waals surface area contributed by atoms with E-state index in [0.717, 1.165) is 32.2 Å². The van der Waals surface area contributed by atoms with Crippen LogP contribution in [-0.4, -0.2) is 85.9 Å². The van der Waals surface area contributed by atoms with Gasteiger partial charge in [-0.3, -0.25) is 9.69 Å². The molecule has 0 bridgehead atoms. The molecule has 0 saturated carbocycles. The molecule has 1 amide bonds. The highest BCUT2D eigenvalue weighted by Gasteiger charge is 2.37. The number of fused-ring (bicyclic) bond motifs is 1. The fraction of sp³-hybridized carbons (Fsp3) is 0.500. The predicted octanol–water partition coefficient (Wildman–Crippen LogP) is 2.34. The Balaban J connectivity index is 1.63. The Labute approximate surface area is 224 Å². The van der Waals surface area contributed by atoms with Crippen LogP contribution in [0.3, 0.4) is 0 Å². The van der Waals surface area contributed by atoms with E-state index in [1.165, 1.54) is 37.1 Å². The van der Waals surface area contributed by atoms with E-state index in [-0.39, 0.29) is 31.0 Å². The number of halogens is 4. The third-order valence-corrected chi connectivity index (χ3v) is 6.94. The summed E-state index contributed by atoms with van der Waals surface area (Å²) in [5.41, 5.74) is -0.985. The number of aliphatic hydroxyl groups excluding tert-OH is 1. The lowest BCUT2D eigenvalue weighted by Crippen LogP contribution is -2.50. The van der Waals surface area contributed by atoms with E-state index < -0.39 is 41.2 Å². The highest BCUT2D eigenvalue weighted by molar-refractivity contribution is 6.01. The molecular formula is C26H31F4N7O2. The topological polar surface area (TPSA) is 108 Å². The highest BCUT2D eigenvalue weighted by atomic mass is 19.4. The van der Waals surface area contributed by atoms with Crippen molar-refractivity contribution in [3.05, 3.63) is 46.9 Å². The number of hydrogen-bond acceptors (Lipinski definition) is 8. The maximum absolute atomic E-state index is 14.3. The summed E-state index contributed by atoms with van der Waals surface area (Å²) in [5, 5.41) is 26.5. The molecule has 3 N–H and O–H groups in total. The van der Waals surface area contributed by atoms with Crippen LogP contribution in [0.2, 0.25) is 0 Å². The first-order valence-corrected chi connectivity index (χ1v) is 12.7. The minimum Gasteiger partial charge on any atom is -0.390 e. The molecule has 2 atom stereocenters. The number of aryl methyl sites for hydroxylation is 1. The number of aliphatic hydroxyl groups is 1. The van der Waals surface area contributed by atoms with Gasteiger partial charge in [0.15, 0.2) is 0 Å². The summed E-state index contributed by atoms with van der Waals surface area (Å²) in [6.07, 6.45) is -5.46. The van der Waals surface area contributed by atoms with Gasteiger partial charge in [-0.2, -0.15) is 18.4 Å². The fourth-order valence-corrected chi connectivity index (χ4v) is 5.02. The number of anilines is 3.